The zero-order valence-electron chi connectivity index (χ0n) is 7.38. The lowest BCUT2D eigenvalue weighted by atomic mass is 10.2. The van der Waals surface area contributed by atoms with E-state index in [4.69, 9.17) is 0 Å². The molecule has 1 atom stereocenters. The highest BCUT2D eigenvalue weighted by molar-refractivity contribution is 7.99. The Balaban J connectivity index is 1.77. The molecule has 0 aromatic rings. The highest BCUT2D eigenvalue weighted by Crippen LogP contribution is 2.17. The maximum Gasteiger partial charge on any atom is 0.0966 e. The maximum atomic E-state index is 4.43. The van der Waals surface area contributed by atoms with Gasteiger partial charge in [0.25, 0.3) is 0 Å². The van der Waals surface area contributed by atoms with E-state index in [1.54, 1.807) is 0 Å². The molecular weight excluding hydrogens is 168 g/mol. The molecule has 12 heavy (non-hydrogen) atoms. The number of aliphatic imine (C=N–C) groups is 1. The van der Waals surface area contributed by atoms with E-state index in [9.17, 15) is 0 Å². The largest absolute Gasteiger partial charge is 0.370 e. The van der Waals surface area contributed by atoms with Gasteiger partial charge >= 0.3 is 0 Å². The van der Waals surface area contributed by atoms with Gasteiger partial charge in [-0.1, -0.05) is 0 Å². The Bertz CT molecular complexity index is 173. The van der Waals surface area contributed by atoms with Crippen LogP contribution in [-0.4, -0.2) is 29.9 Å². The third kappa shape index (κ3) is 2.16. The second-order valence-corrected chi connectivity index (χ2v) is 4.64. The molecule has 2 aliphatic heterocycles. The Labute approximate surface area is 78.2 Å². The van der Waals surface area contributed by atoms with E-state index in [1.165, 1.54) is 43.0 Å². The highest BCUT2D eigenvalue weighted by Gasteiger charge is 2.15. The first-order chi connectivity index (χ1) is 5.95. The summed E-state index contributed by atoms with van der Waals surface area (Å²) in [6.45, 7) is 1.04. The van der Waals surface area contributed by atoms with Crippen molar-refractivity contribution in [3.05, 3.63) is 0 Å². The van der Waals surface area contributed by atoms with Crippen LogP contribution in [0.3, 0.4) is 0 Å². The van der Waals surface area contributed by atoms with E-state index in [2.05, 4.69) is 22.1 Å². The summed E-state index contributed by atoms with van der Waals surface area (Å²) in [4.78, 5) is 4.43. The van der Waals surface area contributed by atoms with E-state index in [0.29, 0.717) is 6.04 Å². The molecule has 0 bridgehead atoms. The first-order valence-corrected chi connectivity index (χ1v) is 5.98. The Kier molecular flexibility index (Phi) is 2.93. The predicted molar refractivity (Wildman–Crippen MR) is 55.0 cm³/mol. The summed E-state index contributed by atoms with van der Waals surface area (Å²) in [5.41, 5.74) is 0. The van der Waals surface area contributed by atoms with Gasteiger partial charge in [0, 0.05) is 24.8 Å². The lowest BCUT2D eigenvalue weighted by Gasteiger charge is -2.23. The average molecular weight is 184 g/mol. The Morgan fingerprint density at radius 2 is 2.42 bits per heavy atom. The van der Waals surface area contributed by atoms with E-state index in [1.807, 2.05) is 0 Å². The van der Waals surface area contributed by atoms with E-state index >= 15 is 0 Å². The molecule has 1 N–H and O–H groups in total. The van der Waals surface area contributed by atoms with Crippen molar-refractivity contribution in [3.8, 4) is 0 Å². The van der Waals surface area contributed by atoms with E-state index < -0.39 is 0 Å². The third-order valence-electron chi connectivity index (χ3n) is 2.41. The molecular formula is C9H16N2S. The van der Waals surface area contributed by atoms with Gasteiger partial charge in [-0.2, -0.15) is 11.8 Å². The smallest absolute Gasteiger partial charge is 0.0966 e. The predicted octanol–water partition coefficient (Wildman–Crippen LogP) is 1.66. The van der Waals surface area contributed by atoms with Crippen molar-refractivity contribution in [1.29, 1.82) is 0 Å². The fourth-order valence-corrected chi connectivity index (χ4v) is 2.82. The number of nitrogens with zero attached hydrogens (tertiary/aromatic N) is 1. The minimum Gasteiger partial charge on any atom is -0.370 e. The standard InChI is InChI=1S/C9H16N2S/c1-4-9(10-5-1)11-8-3-2-6-12-7-8/h8H,1-7H2,(H,10,11). The molecule has 1 fully saturated rings. The third-order valence-corrected chi connectivity index (χ3v) is 3.62. The summed E-state index contributed by atoms with van der Waals surface area (Å²) in [6.07, 6.45) is 5.14. The maximum absolute atomic E-state index is 4.43. The summed E-state index contributed by atoms with van der Waals surface area (Å²) < 4.78 is 0. The van der Waals surface area contributed by atoms with Crippen LogP contribution in [0, 0.1) is 0 Å². The van der Waals surface area contributed by atoms with Crippen molar-refractivity contribution < 1.29 is 0 Å². The first-order valence-electron chi connectivity index (χ1n) is 4.83. The molecule has 0 aromatic heterocycles. The molecule has 2 heterocycles. The van der Waals surface area contributed by atoms with Crippen LogP contribution in [0.5, 0.6) is 0 Å². The van der Waals surface area contributed by atoms with Gasteiger partial charge in [-0.25, -0.2) is 0 Å². The molecule has 0 spiro atoms. The summed E-state index contributed by atoms with van der Waals surface area (Å²) in [5, 5.41) is 3.55. The number of hydrogen-bond donors (Lipinski definition) is 1. The number of thioether (sulfide) groups is 1. The number of amidine groups is 1. The van der Waals surface area contributed by atoms with Gasteiger partial charge in [-0.3, -0.25) is 4.99 Å². The zero-order valence-corrected chi connectivity index (χ0v) is 8.20. The van der Waals surface area contributed by atoms with Gasteiger partial charge in [-0.15, -0.1) is 0 Å². The van der Waals surface area contributed by atoms with Crippen LogP contribution >= 0.6 is 11.8 Å². The molecule has 2 rings (SSSR count). The van der Waals surface area contributed by atoms with Crippen molar-refractivity contribution in [3.63, 3.8) is 0 Å². The molecule has 2 nitrogen and oxygen atoms in total. The van der Waals surface area contributed by atoms with Crippen LogP contribution in [0.2, 0.25) is 0 Å². The second kappa shape index (κ2) is 4.17. The van der Waals surface area contributed by atoms with Crippen LogP contribution in [0.25, 0.3) is 0 Å². The topological polar surface area (TPSA) is 24.4 Å². The minimum atomic E-state index is 0.709. The van der Waals surface area contributed by atoms with E-state index in [0.717, 1.165) is 6.54 Å². The van der Waals surface area contributed by atoms with Crippen molar-refractivity contribution in [2.75, 3.05) is 18.1 Å². The molecule has 0 saturated carbocycles. The quantitative estimate of drug-likeness (QED) is 0.670. The Morgan fingerprint density at radius 3 is 3.08 bits per heavy atom. The number of nitrogens with one attached hydrogen (secondary N) is 1. The normalized spacial score (nSPS) is 30.0. The van der Waals surface area contributed by atoms with E-state index in [-0.39, 0.29) is 0 Å². The molecule has 68 valence electrons. The molecule has 1 unspecified atom stereocenters. The van der Waals surface area contributed by atoms with Crippen molar-refractivity contribution in [2.24, 2.45) is 4.99 Å². The molecule has 0 radical (unpaired) electrons. The van der Waals surface area contributed by atoms with Gasteiger partial charge in [0.15, 0.2) is 0 Å². The van der Waals surface area contributed by atoms with Gasteiger partial charge < -0.3 is 5.32 Å². The van der Waals surface area contributed by atoms with Crippen molar-refractivity contribution in [2.45, 2.75) is 31.7 Å². The van der Waals surface area contributed by atoms with Crippen LogP contribution in [-0.2, 0) is 0 Å². The lowest BCUT2D eigenvalue weighted by Crippen LogP contribution is -2.37. The van der Waals surface area contributed by atoms with Gasteiger partial charge in [0.05, 0.1) is 5.84 Å². The van der Waals surface area contributed by atoms with Gasteiger partial charge in [0.1, 0.15) is 0 Å². The zero-order chi connectivity index (χ0) is 8.23. The van der Waals surface area contributed by atoms with Crippen LogP contribution in [0.4, 0.5) is 0 Å². The molecule has 0 amide bonds. The van der Waals surface area contributed by atoms with Crippen molar-refractivity contribution in [1.82, 2.24) is 5.32 Å². The first kappa shape index (κ1) is 8.42. The Morgan fingerprint density at radius 1 is 1.42 bits per heavy atom. The fraction of sp³-hybridized carbons (Fsp3) is 0.889. The van der Waals surface area contributed by atoms with Crippen LogP contribution < -0.4 is 5.32 Å². The average Bonchev–Trinajstić information content (AvgIpc) is 2.59. The molecule has 0 aromatic carbocycles. The molecule has 0 aliphatic carbocycles. The highest BCUT2D eigenvalue weighted by atomic mass is 32.2. The number of rotatable bonds is 1. The second-order valence-electron chi connectivity index (χ2n) is 3.49. The summed E-state index contributed by atoms with van der Waals surface area (Å²) in [6, 6.07) is 0.709. The minimum absolute atomic E-state index is 0.709. The molecule has 3 heteroatoms. The van der Waals surface area contributed by atoms with Gasteiger partial charge in [0.2, 0.25) is 0 Å². The summed E-state index contributed by atoms with van der Waals surface area (Å²) in [7, 11) is 0. The van der Waals surface area contributed by atoms with Crippen LogP contribution in [0.1, 0.15) is 25.7 Å². The monoisotopic (exact) mass is 184 g/mol. The summed E-state index contributed by atoms with van der Waals surface area (Å²) >= 11 is 2.07. The van der Waals surface area contributed by atoms with Crippen LogP contribution in [0.15, 0.2) is 4.99 Å². The fourth-order valence-electron chi connectivity index (χ4n) is 1.75. The lowest BCUT2D eigenvalue weighted by molar-refractivity contribution is 0.590. The summed E-state index contributed by atoms with van der Waals surface area (Å²) in [5.74, 6) is 3.89. The van der Waals surface area contributed by atoms with Gasteiger partial charge in [-0.05, 0) is 25.0 Å². The van der Waals surface area contributed by atoms with Crippen molar-refractivity contribution >= 4 is 17.6 Å². The SMILES string of the molecule is C1CN=C(NC2CCCSC2)C1. The Hall–Kier alpha value is -0.180. The molecule has 2 aliphatic rings. The number of hydrogen-bond acceptors (Lipinski definition) is 3. The molecule has 1 saturated heterocycles.